The van der Waals surface area contributed by atoms with Gasteiger partial charge in [0, 0.05) is 12.2 Å². The Morgan fingerprint density at radius 2 is 1.89 bits per heavy atom. The Balaban J connectivity index is 1.69. The minimum absolute atomic E-state index is 0.586. The quantitative estimate of drug-likeness (QED) is 0.749. The molecule has 5 atom stereocenters. The number of carbonyl (C=O) groups excluding carboxylic acids is 1. The summed E-state index contributed by atoms with van der Waals surface area (Å²) < 4.78 is 2.25. The van der Waals surface area contributed by atoms with Gasteiger partial charge >= 0.3 is 0 Å². The largest absolute Gasteiger partial charge is 0.333 e. The highest BCUT2D eigenvalue weighted by Crippen LogP contribution is 2.57. The maximum atomic E-state index is 10.8. The first-order valence-corrected chi connectivity index (χ1v) is 7.34. The molecule has 1 aromatic rings. The molecule has 0 amide bonds. The molecule has 0 saturated heterocycles. The summed E-state index contributed by atoms with van der Waals surface area (Å²) in [6, 6.07) is 0.618. The average Bonchev–Trinajstić information content (AvgIpc) is 2.92. The van der Waals surface area contributed by atoms with Crippen LogP contribution >= 0.6 is 0 Å². The van der Waals surface area contributed by atoms with Gasteiger partial charge in [-0.05, 0) is 49.4 Å². The lowest BCUT2D eigenvalue weighted by Gasteiger charge is -2.37. The molecule has 3 aliphatic carbocycles. The number of imidazole rings is 1. The van der Waals surface area contributed by atoms with Gasteiger partial charge in [0.1, 0.15) is 5.69 Å². The van der Waals surface area contributed by atoms with E-state index < -0.39 is 0 Å². The van der Waals surface area contributed by atoms with E-state index in [-0.39, 0.29) is 0 Å². The molecular formula is C15H20N2O. The highest BCUT2D eigenvalue weighted by molar-refractivity contribution is 5.70. The van der Waals surface area contributed by atoms with Crippen LogP contribution in [0.25, 0.3) is 0 Å². The van der Waals surface area contributed by atoms with Crippen LogP contribution in [0.5, 0.6) is 0 Å². The van der Waals surface area contributed by atoms with Crippen LogP contribution < -0.4 is 0 Å². The summed E-state index contributed by atoms with van der Waals surface area (Å²) in [5.74, 6) is 3.68. The Bertz CT molecular complexity index is 467. The van der Waals surface area contributed by atoms with Gasteiger partial charge in [0.2, 0.25) is 0 Å². The maximum absolute atomic E-state index is 10.8. The van der Waals surface area contributed by atoms with E-state index in [2.05, 4.69) is 9.55 Å². The minimum Gasteiger partial charge on any atom is -0.333 e. The number of hydrogen-bond donors (Lipinski definition) is 0. The topological polar surface area (TPSA) is 34.9 Å². The monoisotopic (exact) mass is 244 g/mol. The van der Waals surface area contributed by atoms with Crippen molar-refractivity contribution in [1.29, 1.82) is 0 Å². The van der Waals surface area contributed by atoms with Crippen molar-refractivity contribution in [2.24, 2.45) is 23.7 Å². The molecule has 0 N–H and O–H groups in total. The molecule has 0 radical (unpaired) electrons. The van der Waals surface area contributed by atoms with Crippen molar-refractivity contribution in [3.63, 3.8) is 0 Å². The van der Waals surface area contributed by atoms with Gasteiger partial charge in [-0.1, -0.05) is 12.8 Å². The number of rotatable bonds is 2. The van der Waals surface area contributed by atoms with Crippen molar-refractivity contribution in [3.05, 3.63) is 18.2 Å². The predicted octanol–water partition coefficient (Wildman–Crippen LogP) is 3.08. The number of aromatic nitrogens is 2. The van der Waals surface area contributed by atoms with E-state index in [4.69, 9.17) is 0 Å². The van der Waals surface area contributed by atoms with Crippen LogP contribution in [0.4, 0.5) is 0 Å². The van der Waals surface area contributed by atoms with Crippen LogP contribution in [0.1, 0.15) is 55.1 Å². The third-order valence-corrected chi connectivity index (χ3v) is 5.69. The maximum Gasteiger partial charge on any atom is 0.169 e. The van der Waals surface area contributed by atoms with Crippen molar-refractivity contribution >= 4 is 6.29 Å². The zero-order valence-electron chi connectivity index (χ0n) is 10.7. The van der Waals surface area contributed by atoms with Gasteiger partial charge in [-0.3, -0.25) is 4.79 Å². The predicted molar refractivity (Wildman–Crippen MR) is 68.3 cm³/mol. The molecule has 0 aromatic carbocycles. The zero-order valence-corrected chi connectivity index (χ0v) is 10.7. The number of hydrogen-bond acceptors (Lipinski definition) is 2. The Hall–Kier alpha value is -1.12. The minimum atomic E-state index is 0.586. The molecule has 3 nitrogen and oxygen atoms in total. The molecule has 1 aromatic heterocycles. The second-order valence-corrected chi connectivity index (χ2v) is 6.53. The van der Waals surface area contributed by atoms with Crippen LogP contribution in [0.2, 0.25) is 0 Å². The second kappa shape index (κ2) is 3.94. The smallest absolute Gasteiger partial charge is 0.169 e. The Morgan fingerprint density at radius 3 is 2.72 bits per heavy atom. The van der Waals surface area contributed by atoms with Crippen LogP contribution in [-0.2, 0) is 0 Å². The van der Waals surface area contributed by atoms with Crippen LogP contribution in [0.3, 0.4) is 0 Å². The van der Waals surface area contributed by atoms with Crippen LogP contribution in [0.15, 0.2) is 12.5 Å². The van der Waals surface area contributed by atoms with Gasteiger partial charge in [0.25, 0.3) is 0 Å². The molecule has 0 spiro atoms. The number of aldehydes is 1. The van der Waals surface area contributed by atoms with Crippen LogP contribution in [-0.4, -0.2) is 15.8 Å². The standard InChI is InChI=1S/C15H20N2O/c18-8-14-7-17(9-16-14)15-11-3-1-2-10-4-13(15)6-12(10)5-11/h7-13,15H,1-6H2. The van der Waals surface area contributed by atoms with Crippen molar-refractivity contribution in [2.45, 2.75) is 44.6 Å². The normalized spacial score (nSPS) is 41.9. The fourth-order valence-electron chi connectivity index (χ4n) is 5.09. The van der Waals surface area contributed by atoms with Gasteiger partial charge in [-0.25, -0.2) is 4.98 Å². The molecule has 0 aliphatic heterocycles. The van der Waals surface area contributed by atoms with Gasteiger partial charge < -0.3 is 4.57 Å². The number of nitrogens with zero attached hydrogens (tertiary/aromatic N) is 2. The first kappa shape index (κ1) is 10.8. The SMILES string of the molecule is O=Cc1cn(C2C3CCCC4CC2CC4C3)cn1. The van der Waals surface area contributed by atoms with Gasteiger partial charge in [-0.2, -0.15) is 0 Å². The van der Waals surface area contributed by atoms with Gasteiger partial charge in [-0.15, -0.1) is 0 Å². The number of carbonyl (C=O) groups is 1. The first-order chi connectivity index (χ1) is 8.85. The summed E-state index contributed by atoms with van der Waals surface area (Å²) in [4.78, 5) is 15.0. The van der Waals surface area contributed by atoms with E-state index in [9.17, 15) is 4.79 Å². The summed E-state index contributed by atoms with van der Waals surface area (Å²) in [7, 11) is 0. The molecule has 5 unspecified atom stereocenters. The van der Waals surface area contributed by atoms with Crippen LogP contribution in [0, 0.1) is 23.7 Å². The average molecular weight is 244 g/mol. The van der Waals surface area contributed by atoms with Crippen molar-refractivity contribution in [2.75, 3.05) is 0 Å². The lowest BCUT2D eigenvalue weighted by atomic mass is 9.75. The Labute approximate surface area is 108 Å². The fraction of sp³-hybridized carbons (Fsp3) is 0.733. The van der Waals surface area contributed by atoms with Crippen molar-refractivity contribution in [3.8, 4) is 0 Å². The summed E-state index contributed by atoms with van der Waals surface area (Å²) >= 11 is 0. The molecule has 3 saturated carbocycles. The summed E-state index contributed by atoms with van der Waals surface area (Å²) in [6.07, 6.45) is 13.2. The molecule has 1 heterocycles. The lowest BCUT2D eigenvalue weighted by Crippen LogP contribution is -2.29. The molecule has 3 fully saturated rings. The van der Waals surface area contributed by atoms with Crippen molar-refractivity contribution in [1.82, 2.24) is 9.55 Å². The fourth-order valence-corrected chi connectivity index (χ4v) is 5.09. The Kier molecular flexibility index (Phi) is 2.36. The molecule has 96 valence electrons. The third-order valence-electron chi connectivity index (χ3n) is 5.69. The highest BCUT2D eigenvalue weighted by Gasteiger charge is 2.48. The van der Waals surface area contributed by atoms with Crippen molar-refractivity contribution < 1.29 is 4.79 Å². The summed E-state index contributed by atoms with van der Waals surface area (Å²) in [5.41, 5.74) is 0.586. The van der Waals surface area contributed by atoms with E-state index in [1.807, 2.05) is 12.5 Å². The van der Waals surface area contributed by atoms with E-state index in [0.717, 1.165) is 30.0 Å². The van der Waals surface area contributed by atoms with Gasteiger partial charge in [0.15, 0.2) is 6.29 Å². The molecule has 3 bridgehead atoms. The summed E-state index contributed by atoms with van der Waals surface area (Å²) in [5, 5.41) is 0. The first-order valence-electron chi connectivity index (χ1n) is 7.34. The molecule has 3 heteroatoms. The second-order valence-electron chi connectivity index (χ2n) is 6.53. The summed E-state index contributed by atoms with van der Waals surface area (Å²) in [6.45, 7) is 0. The Morgan fingerprint density at radius 1 is 1.11 bits per heavy atom. The molecular weight excluding hydrogens is 224 g/mol. The van der Waals surface area contributed by atoms with Gasteiger partial charge in [0.05, 0.1) is 6.33 Å². The van der Waals surface area contributed by atoms with E-state index >= 15 is 0 Å². The lowest BCUT2D eigenvalue weighted by molar-refractivity contribution is 0.111. The zero-order chi connectivity index (χ0) is 12.1. The third kappa shape index (κ3) is 1.49. The molecule has 3 aliphatic rings. The highest BCUT2D eigenvalue weighted by atomic mass is 16.1. The molecule has 18 heavy (non-hydrogen) atoms. The van der Waals surface area contributed by atoms with E-state index in [0.29, 0.717) is 11.7 Å². The number of fused-ring (bicyclic) bond motifs is 2. The van der Waals surface area contributed by atoms with E-state index in [1.165, 1.54) is 38.5 Å². The van der Waals surface area contributed by atoms with E-state index in [1.54, 1.807) is 0 Å². The molecule has 4 rings (SSSR count).